The Morgan fingerprint density at radius 3 is 2.67 bits per heavy atom. The Kier molecular flexibility index (Phi) is 6.96. The van der Waals surface area contributed by atoms with Crippen LogP contribution in [-0.4, -0.2) is 42.9 Å². The van der Waals surface area contributed by atoms with Crippen molar-refractivity contribution in [3.05, 3.63) is 0 Å². The highest BCUT2D eigenvalue weighted by molar-refractivity contribution is 7.86. The summed E-state index contributed by atoms with van der Waals surface area (Å²) in [5.74, 6) is -1.03. The topological polar surface area (TPSA) is 127 Å². The summed E-state index contributed by atoms with van der Waals surface area (Å²) in [5.41, 5.74) is -3.46. The fourth-order valence-electron chi connectivity index (χ4n) is 4.44. The molecular formula is C17H26FNO7S. The number of rotatable bonds is 7. The molecule has 2 aliphatic carbocycles. The van der Waals surface area contributed by atoms with Crippen LogP contribution >= 0.6 is 0 Å². The van der Waals surface area contributed by atoms with E-state index in [1.807, 2.05) is 0 Å². The average Bonchev–Trinajstić information content (AvgIpc) is 2.55. The molecule has 0 aliphatic heterocycles. The molecule has 2 aliphatic rings. The van der Waals surface area contributed by atoms with E-state index in [0.29, 0.717) is 31.6 Å². The van der Waals surface area contributed by atoms with Crippen LogP contribution in [0.5, 0.6) is 0 Å². The summed E-state index contributed by atoms with van der Waals surface area (Å²) in [6.07, 6.45) is 5.03. The Hall–Kier alpha value is -1.55. The van der Waals surface area contributed by atoms with Crippen molar-refractivity contribution in [1.82, 2.24) is 5.32 Å². The van der Waals surface area contributed by atoms with Gasteiger partial charge in [-0.15, -0.1) is 0 Å². The normalized spacial score (nSPS) is 28.9. The molecule has 2 saturated carbocycles. The van der Waals surface area contributed by atoms with E-state index in [1.165, 1.54) is 6.92 Å². The predicted molar refractivity (Wildman–Crippen MR) is 92.6 cm³/mol. The van der Waals surface area contributed by atoms with Gasteiger partial charge >= 0.3 is 16.1 Å². The summed E-state index contributed by atoms with van der Waals surface area (Å²) >= 11 is 0. The zero-order valence-corrected chi connectivity index (χ0v) is 16.1. The molecule has 2 amide bonds. The van der Waals surface area contributed by atoms with E-state index < -0.39 is 39.5 Å². The SMILES string of the molecule is CC(=O)NC(=O)CCC1CC2CCCC(C(=O)OCC(F)S(=O)(=O)O)(C2)C1. The van der Waals surface area contributed by atoms with Crippen LogP contribution in [0.2, 0.25) is 0 Å². The van der Waals surface area contributed by atoms with E-state index in [0.717, 1.165) is 19.3 Å². The summed E-state index contributed by atoms with van der Waals surface area (Å²) in [7, 11) is -4.91. The van der Waals surface area contributed by atoms with Crippen molar-refractivity contribution < 1.29 is 36.5 Å². The maximum atomic E-state index is 13.4. The van der Waals surface area contributed by atoms with Crippen LogP contribution in [-0.2, 0) is 29.2 Å². The third-order valence-electron chi connectivity index (χ3n) is 5.49. The van der Waals surface area contributed by atoms with Crippen molar-refractivity contribution in [2.45, 2.75) is 63.8 Å². The molecule has 0 aromatic heterocycles. The van der Waals surface area contributed by atoms with Gasteiger partial charge in [0.1, 0.15) is 6.61 Å². The van der Waals surface area contributed by atoms with E-state index in [-0.39, 0.29) is 18.2 Å². The van der Waals surface area contributed by atoms with E-state index in [1.54, 1.807) is 0 Å². The second-order valence-corrected chi connectivity index (χ2v) is 9.26. The number of nitrogens with one attached hydrogen (secondary N) is 1. The molecule has 0 spiro atoms. The van der Waals surface area contributed by atoms with E-state index in [4.69, 9.17) is 9.29 Å². The third-order valence-corrected chi connectivity index (χ3v) is 6.27. The molecule has 2 fully saturated rings. The lowest BCUT2D eigenvalue weighted by Gasteiger charge is -2.46. The smallest absolute Gasteiger partial charge is 0.312 e. The number of carbonyl (C=O) groups is 3. The van der Waals surface area contributed by atoms with Gasteiger partial charge in [0.2, 0.25) is 11.8 Å². The van der Waals surface area contributed by atoms with Crippen LogP contribution in [0.25, 0.3) is 0 Å². The first kappa shape index (κ1) is 21.7. The summed E-state index contributed by atoms with van der Waals surface area (Å²) < 4.78 is 48.4. The lowest BCUT2D eigenvalue weighted by molar-refractivity contribution is -0.164. The minimum Gasteiger partial charge on any atom is -0.461 e. The van der Waals surface area contributed by atoms with Crippen molar-refractivity contribution in [3.63, 3.8) is 0 Å². The predicted octanol–water partition coefficient (Wildman–Crippen LogP) is 1.74. The van der Waals surface area contributed by atoms with E-state index in [2.05, 4.69) is 5.32 Å². The number of ether oxygens (including phenoxy) is 1. The first-order valence-electron chi connectivity index (χ1n) is 9.10. The van der Waals surface area contributed by atoms with E-state index >= 15 is 0 Å². The Morgan fingerprint density at radius 2 is 2.04 bits per heavy atom. The van der Waals surface area contributed by atoms with Crippen LogP contribution in [0, 0.1) is 17.3 Å². The minimum atomic E-state index is -4.91. The van der Waals surface area contributed by atoms with Gasteiger partial charge in [0, 0.05) is 13.3 Å². The van der Waals surface area contributed by atoms with Crippen molar-refractivity contribution in [1.29, 1.82) is 0 Å². The number of fused-ring (bicyclic) bond motifs is 2. The van der Waals surface area contributed by atoms with Crippen molar-refractivity contribution in [3.8, 4) is 0 Å². The Balaban J connectivity index is 1.97. The fraction of sp³-hybridized carbons (Fsp3) is 0.824. The first-order chi connectivity index (χ1) is 12.5. The van der Waals surface area contributed by atoms with Gasteiger partial charge in [-0.2, -0.15) is 8.42 Å². The van der Waals surface area contributed by atoms with Gasteiger partial charge in [0.05, 0.1) is 5.41 Å². The average molecular weight is 407 g/mol. The van der Waals surface area contributed by atoms with Gasteiger partial charge in [-0.25, -0.2) is 4.39 Å². The Morgan fingerprint density at radius 1 is 1.33 bits per heavy atom. The molecule has 2 bridgehead atoms. The molecule has 27 heavy (non-hydrogen) atoms. The molecule has 8 nitrogen and oxygen atoms in total. The molecule has 0 radical (unpaired) electrons. The molecule has 0 heterocycles. The van der Waals surface area contributed by atoms with Crippen molar-refractivity contribution in [2.75, 3.05) is 6.61 Å². The second-order valence-electron chi connectivity index (χ2n) is 7.72. The highest BCUT2D eigenvalue weighted by Gasteiger charge is 2.49. The maximum Gasteiger partial charge on any atom is 0.312 e. The molecule has 0 aromatic rings. The number of hydrogen-bond donors (Lipinski definition) is 2. The minimum absolute atomic E-state index is 0.0945. The number of alkyl halides is 1. The van der Waals surface area contributed by atoms with Gasteiger partial charge < -0.3 is 4.74 Å². The number of amides is 2. The summed E-state index contributed by atoms with van der Waals surface area (Å²) in [6, 6.07) is 0. The molecule has 10 heteroatoms. The van der Waals surface area contributed by atoms with Crippen LogP contribution in [0.3, 0.4) is 0 Å². The number of halogens is 1. The van der Waals surface area contributed by atoms with Gasteiger partial charge in [-0.05, 0) is 43.9 Å². The molecule has 4 unspecified atom stereocenters. The molecular weight excluding hydrogens is 381 g/mol. The monoisotopic (exact) mass is 407 g/mol. The van der Waals surface area contributed by atoms with Gasteiger partial charge in [0.15, 0.2) is 0 Å². The van der Waals surface area contributed by atoms with Gasteiger partial charge in [-0.3, -0.25) is 24.3 Å². The standard InChI is InChI=1S/C17H26FNO7S/c1-11(20)19-15(21)5-4-13-7-12-3-2-6-17(8-12,9-13)16(22)26-10-14(18)27(23,24)25/h12-14H,2-10H2,1H3,(H,19,20,21)(H,23,24,25). The first-order valence-corrected chi connectivity index (χ1v) is 10.6. The summed E-state index contributed by atoms with van der Waals surface area (Å²) in [4.78, 5) is 35.2. The zero-order valence-electron chi connectivity index (χ0n) is 15.3. The number of hydrogen-bond acceptors (Lipinski definition) is 6. The van der Waals surface area contributed by atoms with Crippen molar-refractivity contribution in [2.24, 2.45) is 17.3 Å². The number of carbonyl (C=O) groups excluding carboxylic acids is 3. The number of imide groups is 1. The van der Waals surface area contributed by atoms with Crippen molar-refractivity contribution >= 4 is 27.9 Å². The quantitative estimate of drug-likeness (QED) is 0.486. The zero-order chi connectivity index (χ0) is 20.2. The summed E-state index contributed by atoms with van der Waals surface area (Å²) in [6.45, 7) is 0.231. The third kappa shape index (κ3) is 5.97. The lowest BCUT2D eigenvalue weighted by atomic mass is 9.58. The van der Waals surface area contributed by atoms with Gasteiger partial charge in [-0.1, -0.05) is 12.8 Å². The molecule has 0 aromatic carbocycles. The maximum absolute atomic E-state index is 13.4. The Bertz CT molecular complexity index is 695. The Labute approximate surface area is 158 Å². The molecule has 0 saturated heterocycles. The largest absolute Gasteiger partial charge is 0.461 e. The molecule has 154 valence electrons. The van der Waals surface area contributed by atoms with E-state index in [9.17, 15) is 27.2 Å². The number of esters is 1. The molecule has 2 rings (SSSR count). The summed E-state index contributed by atoms with van der Waals surface area (Å²) in [5, 5.41) is 2.22. The highest BCUT2D eigenvalue weighted by Crippen LogP contribution is 2.52. The fourth-order valence-corrected chi connectivity index (χ4v) is 4.68. The van der Waals surface area contributed by atoms with Crippen LogP contribution in [0.4, 0.5) is 4.39 Å². The van der Waals surface area contributed by atoms with Crippen LogP contribution in [0.1, 0.15) is 58.3 Å². The second kappa shape index (κ2) is 8.64. The van der Waals surface area contributed by atoms with Gasteiger partial charge in [0.25, 0.3) is 5.50 Å². The molecule has 2 N–H and O–H groups in total. The van der Waals surface area contributed by atoms with Crippen LogP contribution in [0.15, 0.2) is 0 Å². The molecule has 4 atom stereocenters. The lowest BCUT2D eigenvalue weighted by Crippen LogP contribution is -2.44. The van der Waals surface area contributed by atoms with Crippen LogP contribution < -0.4 is 5.32 Å². The highest BCUT2D eigenvalue weighted by atomic mass is 32.2.